The fourth-order valence-electron chi connectivity index (χ4n) is 3.25. The Morgan fingerprint density at radius 3 is 1.87 bits per heavy atom. The third kappa shape index (κ3) is 4.22. The minimum atomic E-state index is -3.03. The molecule has 5 nitrogen and oxygen atoms in total. The molecule has 0 radical (unpaired) electrons. The predicted octanol–water partition coefficient (Wildman–Crippen LogP) is 6.52. The highest BCUT2D eigenvalue weighted by Crippen LogP contribution is 2.68. The first-order valence-electron chi connectivity index (χ1n) is 9.37. The van der Waals surface area contributed by atoms with Crippen molar-refractivity contribution in [2.24, 2.45) is 0 Å². The van der Waals surface area contributed by atoms with Crippen molar-refractivity contribution in [3.05, 3.63) is 103 Å². The number of ether oxygens (including phenoxy) is 1. The molecule has 0 heterocycles. The number of rotatable bonds is 6. The van der Waals surface area contributed by atoms with Crippen LogP contribution in [0.3, 0.4) is 0 Å². The summed E-state index contributed by atoms with van der Waals surface area (Å²) in [5, 5.41) is 10.5. The highest BCUT2D eigenvalue weighted by atomic mass is 32.3. The minimum Gasteiger partial charge on any atom is -0.507 e. The van der Waals surface area contributed by atoms with E-state index in [2.05, 4.69) is 0 Å². The molecule has 0 aliphatic rings. The summed E-state index contributed by atoms with van der Waals surface area (Å²) in [4.78, 5) is 1.15. The molecule has 158 valence electrons. The summed E-state index contributed by atoms with van der Waals surface area (Å²) in [6, 6.07) is 29.1. The van der Waals surface area contributed by atoms with Crippen molar-refractivity contribution in [3.63, 3.8) is 0 Å². The van der Waals surface area contributed by atoms with Crippen LogP contribution in [0.4, 0.5) is 0 Å². The number of benzene rings is 4. The molecule has 0 aliphatic carbocycles. The lowest BCUT2D eigenvalue weighted by molar-refractivity contribution is 0.458. The van der Waals surface area contributed by atoms with Gasteiger partial charge in [0.2, 0.25) is 0 Å². The van der Waals surface area contributed by atoms with Gasteiger partial charge in [-0.3, -0.25) is 0 Å². The fraction of sp³-hybridized carbons (Fsp3) is 0. The van der Waals surface area contributed by atoms with Gasteiger partial charge in [0.1, 0.15) is 17.2 Å². The zero-order chi connectivity index (χ0) is 21.8. The van der Waals surface area contributed by atoms with Gasteiger partial charge in [-0.05, 0) is 60.7 Å². The van der Waals surface area contributed by atoms with Gasteiger partial charge in [0.25, 0.3) is 0 Å². The van der Waals surface area contributed by atoms with Gasteiger partial charge in [-0.15, -0.1) is 0 Å². The maximum Gasteiger partial charge on any atom is 0.187 e. The van der Waals surface area contributed by atoms with Crippen molar-refractivity contribution in [1.29, 1.82) is 0 Å². The molecule has 0 aromatic heterocycles. The highest BCUT2D eigenvalue weighted by molar-refractivity contribution is 8.29. The van der Waals surface area contributed by atoms with E-state index in [9.17, 15) is 18.4 Å². The van der Waals surface area contributed by atoms with Crippen LogP contribution in [0.15, 0.2) is 123 Å². The molecule has 0 aliphatic heterocycles. The second-order valence-corrected chi connectivity index (χ2v) is 10.1. The average molecular weight is 453 g/mol. The molecule has 31 heavy (non-hydrogen) atoms. The van der Waals surface area contributed by atoms with E-state index in [1.165, 1.54) is 12.1 Å². The Balaban J connectivity index is 1.85. The first-order chi connectivity index (χ1) is 15.0. The summed E-state index contributed by atoms with van der Waals surface area (Å²) >= 11 is -2.32. The summed E-state index contributed by atoms with van der Waals surface area (Å²) in [6.07, 6.45) is 0. The summed E-state index contributed by atoms with van der Waals surface area (Å²) in [5.41, 5.74) is 0. The van der Waals surface area contributed by atoms with Crippen LogP contribution in [-0.4, -0.2) is 18.4 Å². The Bertz CT molecular complexity index is 1210. The van der Waals surface area contributed by atoms with E-state index in [1.807, 2.05) is 30.3 Å². The highest BCUT2D eigenvalue weighted by Gasteiger charge is 2.34. The molecule has 0 spiro atoms. The lowest BCUT2D eigenvalue weighted by Crippen LogP contribution is -2.06. The molecular weight excluding hydrogens is 432 g/mol. The van der Waals surface area contributed by atoms with E-state index in [1.54, 1.807) is 60.7 Å². The molecule has 7 heteroatoms. The van der Waals surface area contributed by atoms with E-state index in [4.69, 9.17) is 4.74 Å². The van der Waals surface area contributed by atoms with Gasteiger partial charge in [0.05, 0.1) is 9.79 Å². The molecule has 3 N–H and O–H groups in total. The standard InChI is InChI=1S/C24H20O5S2/c25-21-10-4-6-12-23(21)31(28,24-13-7-5-11-22(24)30(26)27)20-16-14-19(15-17-20)29-18-8-2-1-3-9-18/h1-17,25,28H,(H,26,27). The van der Waals surface area contributed by atoms with Gasteiger partial charge in [0.15, 0.2) is 11.1 Å². The second kappa shape index (κ2) is 8.95. The summed E-state index contributed by atoms with van der Waals surface area (Å²) in [6.45, 7) is 0. The number of para-hydroxylation sites is 2. The number of phenols is 1. The molecule has 2 unspecified atom stereocenters. The van der Waals surface area contributed by atoms with E-state index in [0.29, 0.717) is 16.4 Å². The third-order valence-corrected chi connectivity index (χ3v) is 8.47. The van der Waals surface area contributed by atoms with Crippen LogP contribution in [0.1, 0.15) is 0 Å². The maximum absolute atomic E-state index is 12.1. The zero-order valence-electron chi connectivity index (χ0n) is 16.3. The van der Waals surface area contributed by atoms with Crippen LogP contribution in [0.25, 0.3) is 0 Å². The van der Waals surface area contributed by atoms with E-state index in [-0.39, 0.29) is 20.4 Å². The monoisotopic (exact) mass is 452 g/mol. The van der Waals surface area contributed by atoms with Gasteiger partial charge >= 0.3 is 0 Å². The van der Waals surface area contributed by atoms with Crippen LogP contribution >= 0.6 is 10.3 Å². The van der Waals surface area contributed by atoms with Gasteiger partial charge in [0, 0.05) is 9.79 Å². The number of aromatic hydroxyl groups is 1. The molecular formula is C24H20O5S2. The van der Waals surface area contributed by atoms with Gasteiger partial charge in [-0.25, -0.2) is 4.21 Å². The zero-order valence-corrected chi connectivity index (χ0v) is 17.9. The Labute approximate surface area is 184 Å². The van der Waals surface area contributed by atoms with Crippen molar-refractivity contribution in [3.8, 4) is 17.2 Å². The number of hydrogen-bond acceptors (Lipinski definition) is 4. The average Bonchev–Trinajstić information content (AvgIpc) is 2.80. The summed E-state index contributed by atoms with van der Waals surface area (Å²) in [5.74, 6) is 1.16. The first kappa shape index (κ1) is 21.1. The molecule has 4 aromatic rings. The molecule has 0 saturated carbocycles. The van der Waals surface area contributed by atoms with Crippen LogP contribution in [0, 0.1) is 0 Å². The smallest absolute Gasteiger partial charge is 0.187 e. The second-order valence-electron chi connectivity index (χ2n) is 6.63. The van der Waals surface area contributed by atoms with E-state index in [0.717, 1.165) is 0 Å². The Morgan fingerprint density at radius 2 is 1.23 bits per heavy atom. The Kier molecular flexibility index (Phi) is 6.11. The fourth-order valence-corrected chi connectivity index (χ4v) is 6.81. The van der Waals surface area contributed by atoms with Gasteiger partial charge in [-0.1, -0.05) is 52.8 Å². The van der Waals surface area contributed by atoms with Crippen molar-refractivity contribution >= 4 is 21.4 Å². The van der Waals surface area contributed by atoms with Gasteiger partial charge in [-0.2, -0.15) is 0 Å². The van der Waals surface area contributed by atoms with Crippen LogP contribution in [0.2, 0.25) is 0 Å². The Morgan fingerprint density at radius 1 is 0.677 bits per heavy atom. The van der Waals surface area contributed by atoms with Crippen molar-refractivity contribution in [2.75, 3.05) is 0 Å². The molecule has 0 amide bonds. The lowest BCUT2D eigenvalue weighted by atomic mass is 10.3. The van der Waals surface area contributed by atoms with Crippen LogP contribution in [-0.2, 0) is 11.1 Å². The van der Waals surface area contributed by atoms with Crippen molar-refractivity contribution in [2.45, 2.75) is 19.6 Å². The van der Waals surface area contributed by atoms with Crippen molar-refractivity contribution < 1.29 is 23.2 Å². The normalized spacial score (nSPS) is 14.9. The largest absolute Gasteiger partial charge is 0.507 e. The predicted molar refractivity (Wildman–Crippen MR) is 122 cm³/mol. The minimum absolute atomic E-state index is 0.0906. The number of hydrogen-bond donors (Lipinski definition) is 3. The first-order valence-corrected chi connectivity index (χ1v) is 12.1. The van der Waals surface area contributed by atoms with E-state index < -0.39 is 21.4 Å². The third-order valence-electron chi connectivity index (χ3n) is 4.68. The lowest BCUT2D eigenvalue weighted by Gasteiger charge is -2.36. The Hall–Kier alpha value is -3.10. The summed E-state index contributed by atoms with van der Waals surface area (Å²) < 4.78 is 39.7. The molecule has 0 saturated heterocycles. The number of phenolic OH excluding ortho intramolecular Hbond substituents is 1. The van der Waals surface area contributed by atoms with E-state index >= 15 is 0 Å². The SMILES string of the molecule is O=S(O)c1ccccc1S(O)(c1ccc(Oc2ccccc2)cc1)c1ccccc1O. The molecule has 0 bridgehead atoms. The van der Waals surface area contributed by atoms with Crippen LogP contribution in [0.5, 0.6) is 17.2 Å². The van der Waals surface area contributed by atoms with Crippen LogP contribution < -0.4 is 4.74 Å². The quantitative estimate of drug-likeness (QED) is 0.290. The molecule has 4 rings (SSSR count). The van der Waals surface area contributed by atoms with Gasteiger partial charge < -0.3 is 18.9 Å². The van der Waals surface area contributed by atoms with Crippen molar-refractivity contribution in [1.82, 2.24) is 0 Å². The molecule has 2 atom stereocenters. The summed E-state index contributed by atoms with van der Waals surface area (Å²) in [7, 11) is -3.03. The molecule has 4 aromatic carbocycles. The maximum atomic E-state index is 12.1. The molecule has 0 fully saturated rings. The topological polar surface area (TPSA) is 87.0 Å².